The largest absolute Gasteiger partial charge is 0.384 e. The average molecular weight is 715 g/mol. The third-order valence-electron chi connectivity index (χ3n) is 10.5. The van der Waals surface area contributed by atoms with Crippen molar-refractivity contribution in [3.8, 4) is 0 Å². The number of aromatic nitrogens is 3. The third kappa shape index (κ3) is 7.89. The number of nitrogens with one attached hydrogen (secondary N) is 2. The summed E-state index contributed by atoms with van der Waals surface area (Å²) in [5.41, 5.74) is 3.41. The fourth-order valence-corrected chi connectivity index (χ4v) is 7.71. The molecule has 5 amide bonds. The lowest BCUT2D eigenvalue weighted by Gasteiger charge is -2.37. The first kappa shape index (κ1) is 36.8. The number of nitrogens with zero attached hydrogens (tertiary/aromatic N) is 5. The van der Waals surface area contributed by atoms with Crippen LogP contribution in [0.5, 0.6) is 0 Å². The maximum Gasteiger partial charge on any atom is 0.345 e. The first-order valence-corrected chi connectivity index (χ1v) is 17.9. The molecule has 15 nitrogen and oxygen atoms in total. The van der Waals surface area contributed by atoms with E-state index in [1.807, 2.05) is 36.4 Å². The summed E-state index contributed by atoms with van der Waals surface area (Å²) in [7, 11) is 0. The summed E-state index contributed by atoms with van der Waals surface area (Å²) in [5, 5.41) is 26.4. The molecule has 1 aliphatic carbocycles. The Morgan fingerprint density at radius 2 is 1.75 bits per heavy atom. The molecule has 1 saturated carbocycles. The molecule has 1 aromatic heterocycles. The molecule has 3 aliphatic rings. The number of carbonyl (C=O) groups excluding carboxylic acids is 5. The Kier molecular flexibility index (Phi) is 10.8. The number of fused-ring (bicyclic) bond motifs is 1. The zero-order chi connectivity index (χ0) is 37.0. The normalized spacial score (nSPS) is 21.1. The highest BCUT2D eigenvalue weighted by Crippen LogP contribution is 2.34. The number of likely N-dealkylation sites (tertiary alicyclic amines) is 1. The first-order chi connectivity index (χ1) is 24.9. The highest BCUT2D eigenvalue weighted by molar-refractivity contribution is 6.41. The van der Waals surface area contributed by atoms with E-state index < -0.39 is 52.8 Å². The molecule has 6 rings (SSSR count). The van der Waals surface area contributed by atoms with Gasteiger partial charge in [-0.15, -0.1) is 5.10 Å². The average Bonchev–Trinajstić information content (AvgIpc) is 3.80. The SMILES string of the molecule is CC(C)(O)c1cnnn1[C@H]1C[C@@H](C(=O)NC2(C(=O)C(N)=O)CCOCC2)N(C(=O)/C(CC2CCCCC2)=N/C(=O)Nc2cccc3ccccc23)C1. The van der Waals surface area contributed by atoms with Gasteiger partial charge >= 0.3 is 6.03 Å². The van der Waals surface area contributed by atoms with Gasteiger partial charge in [-0.05, 0) is 37.6 Å². The predicted octanol–water partition coefficient (Wildman–Crippen LogP) is 3.16. The van der Waals surface area contributed by atoms with Gasteiger partial charge in [0.15, 0.2) is 0 Å². The summed E-state index contributed by atoms with van der Waals surface area (Å²) in [6.07, 6.45) is 6.58. The Bertz CT molecular complexity index is 1860. The number of hydrogen-bond acceptors (Lipinski definition) is 9. The molecule has 0 bridgehead atoms. The van der Waals surface area contributed by atoms with Gasteiger partial charge in [-0.2, -0.15) is 4.99 Å². The number of ketones is 1. The van der Waals surface area contributed by atoms with Crippen molar-refractivity contribution < 1.29 is 33.8 Å². The molecule has 2 aliphatic heterocycles. The van der Waals surface area contributed by atoms with E-state index in [0.29, 0.717) is 11.4 Å². The number of aliphatic imine (C=N–C) groups is 1. The van der Waals surface area contributed by atoms with Crippen LogP contribution in [0.15, 0.2) is 53.7 Å². The molecule has 276 valence electrons. The summed E-state index contributed by atoms with van der Waals surface area (Å²) in [6, 6.07) is 10.6. The van der Waals surface area contributed by atoms with E-state index in [0.717, 1.165) is 42.9 Å². The minimum absolute atomic E-state index is 0.0124. The molecule has 0 unspecified atom stereocenters. The van der Waals surface area contributed by atoms with E-state index in [9.17, 15) is 29.1 Å². The Hall–Kier alpha value is -5.02. The second-order valence-corrected chi connectivity index (χ2v) is 14.6. The minimum atomic E-state index is -1.60. The first-order valence-electron chi connectivity index (χ1n) is 17.9. The van der Waals surface area contributed by atoms with E-state index in [4.69, 9.17) is 10.5 Å². The quantitative estimate of drug-likeness (QED) is 0.179. The smallest absolute Gasteiger partial charge is 0.345 e. The third-order valence-corrected chi connectivity index (χ3v) is 10.5. The fourth-order valence-electron chi connectivity index (χ4n) is 7.71. The van der Waals surface area contributed by atoms with Crippen molar-refractivity contribution in [3.05, 3.63) is 54.4 Å². The van der Waals surface area contributed by atoms with Crippen LogP contribution in [0.25, 0.3) is 10.8 Å². The summed E-state index contributed by atoms with van der Waals surface area (Å²) >= 11 is 0. The highest BCUT2D eigenvalue weighted by atomic mass is 16.5. The summed E-state index contributed by atoms with van der Waals surface area (Å²) < 4.78 is 6.92. The number of aliphatic hydroxyl groups is 1. The van der Waals surface area contributed by atoms with Crippen molar-refractivity contribution in [2.24, 2.45) is 16.6 Å². The van der Waals surface area contributed by atoms with Crippen molar-refractivity contribution in [2.45, 2.75) is 94.9 Å². The summed E-state index contributed by atoms with van der Waals surface area (Å²) in [4.78, 5) is 73.6. The number of Topliss-reactive ketones (excluding diaryl/α,β-unsaturated/α-hetero) is 1. The summed E-state index contributed by atoms with van der Waals surface area (Å²) in [5.74, 6) is -3.29. The number of ether oxygens (including phenoxy) is 1. The van der Waals surface area contributed by atoms with Crippen LogP contribution in [0.4, 0.5) is 10.5 Å². The lowest BCUT2D eigenvalue weighted by Crippen LogP contribution is -2.63. The van der Waals surface area contributed by atoms with Gasteiger partial charge in [0.25, 0.3) is 11.8 Å². The zero-order valence-electron chi connectivity index (χ0n) is 29.5. The van der Waals surface area contributed by atoms with Crippen molar-refractivity contribution in [2.75, 3.05) is 25.1 Å². The predicted molar refractivity (Wildman–Crippen MR) is 191 cm³/mol. The van der Waals surface area contributed by atoms with Crippen LogP contribution < -0.4 is 16.4 Å². The number of carbonyl (C=O) groups is 5. The van der Waals surface area contributed by atoms with Gasteiger partial charge in [0.05, 0.1) is 23.6 Å². The van der Waals surface area contributed by atoms with E-state index in [1.54, 1.807) is 19.9 Å². The molecule has 2 aromatic carbocycles. The molecule has 5 N–H and O–H groups in total. The van der Waals surface area contributed by atoms with Gasteiger partial charge in [-0.1, -0.05) is 73.7 Å². The van der Waals surface area contributed by atoms with Crippen LogP contribution in [0, 0.1) is 5.92 Å². The lowest BCUT2D eigenvalue weighted by atomic mass is 9.84. The Labute approximate surface area is 301 Å². The minimum Gasteiger partial charge on any atom is -0.384 e. The Morgan fingerprint density at radius 3 is 2.46 bits per heavy atom. The Balaban J connectivity index is 1.35. The van der Waals surface area contributed by atoms with E-state index >= 15 is 0 Å². The molecule has 0 spiro atoms. The maximum atomic E-state index is 14.7. The number of amides is 5. The van der Waals surface area contributed by atoms with Crippen LogP contribution in [0.2, 0.25) is 0 Å². The number of benzene rings is 2. The molecule has 3 aromatic rings. The molecule has 3 fully saturated rings. The van der Waals surface area contributed by atoms with Crippen molar-refractivity contribution >= 4 is 51.7 Å². The van der Waals surface area contributed by atoms with E-state index in [-0.39, 0.29) is 57.1 Å². The van der Waals surface area contributed by atoms with Crippen molar-refractivity contribution in [1.82, 2.24) is 25.2 Å². The van der Waals surface area contributed by atoms with Crippen LogP contribution in [0.1, 0.15) is 83.4 Å². The van der Waals surface area contributed by atoms with Crippen LogP contribution >= 0.6 is 0 Å². The number of anilines is 1. The van der Waals surface area contributed by atoms with Crippen LogP contribution in [-0.2, 0) is 29.5 Å². The number of primary amides is 1. The molecule has 15 heteroatoms. The second kappa shape index (κ2) is 15.3. The molecule has 3 heterocycles. The number of urea groups is 1. The van der Waals surface area contributed by atoms with Gasteiger partial charge in [-0.3, -0.25) is 19.2 Å². The van der Waals surface area contributed by atoms with Gasteiger partial charge in [0.2, 0.25) is 11.7 Å². The van der Waals surface area contributed by atoms with Gasteiger partial charge in [0.1, 0.15) is 22.9 Å². The maximum absolute atomic E-state index is 14.7. The number of nitrogens with two attached hydrogens (primary N) is 1. The highest BCUT2D eigenvalue weighted by Gasteiger charge is 2.49. The standard InChI is InChI=1S/C37H46N8O7/c1-36(2,51)30-21-39-43-45(30)25-20-29(33(48)42-37(31(46)32(38)47)15-17-52-18-16-37)44(22-25)34(49)28(19-23-9-4-3-5-10-23)41-35(50)40-27-14-8-12-24-11-6-7-13-26(24)27/h6-8,11-14,21,23,25,29,51H,3-5,9-10,15-20,22H2,1-2H3,(H2,38,47)(H,40,50)(H,42,48)/b41-28+/t25-,29-/m0/s1. The van der Waals surface area contributed by atoms with Gasteiger partial charge in [0, 0.05) is 44.4 Å². The number of rotatable bonds is 10. The molecule has 2 atom stereocenters. The second-order valence-electron chi connectivity index (χ2n) is 14.6. The fraction of sp³-hybridized carbons (Fsp3) is 0.514. The van der Waals surface area contributed by atoms with Gasteiger partial charge < -0.3 is 31.1 Å². The molecular weight excluding hydrogens is 668 g/mol. The molecule has 0 radical (unpaired) electrons. The number of hydrogen-bond donors (Lipinski definition) is 4. The Morgan fingerprint density at radius 1 is 1.04 bits per heavy atom. The zero-order valence-corrected chi connectivity index (χ0v) is 29.5. The topological polar surface area (TPSA) is 211 Å². The molecule has 52 heavy (non-hydrogen) atoms. The lowest BCUT2D eigenvalue weighted by molar-refractivity contribution is -0.146. The van der Waals surface area contributed by atoms with Crippen LogP contribution in [0.3, 0.4) is 0 Å². The van der Waals surface area contributed by atoms with E-state index in [1.165, 1.54) is 15.8 Å². The van der Waals surface area contributed by atoms with E-state index in [2.05, 4.69) is 25.9 Å². The monoisotopic (exact) mass is 714 g/mol. The van der Waals surface area contributed by atoms with Crippen LogP contribution in [-0.4, -0.2) is 91.6 Å². The molecule has 2 saturated heterocycles. The molecular formula is C37H46N8O7. The van der Waals surface area contributed by atoms with Gasteiger partial charge in [-0.25, -0.2) is 9.48 Å². The van der Waals surface area contributed by atoms with Crippen molar-refractivity contribution in [1.29, 1.82) is 0 Å². The summed E-state index contributed by atoms with van der Waals surface area (Å²) in [6.45, 7) is 3.37. The van der Waals surface area contributed by atoms with Crippen molar-refractivity contribution in [3.63, 3.8) is 0 Å².